The molecule has 1 fully saturated rings. The summed E-state index contributed by atoms with van der Waals surface area (Å²) in [6, 6.07) is 4.21. The van der Waals surface area contributed by atoms with Gasteiger partial charge in [0.05, 0.1) is 6.42 Å². The standard InChI is InChI=1S/C15H19BrFNO2/c16-13-6-5-11(17)9-12(13)14(10-15(19)20)18-7-3-1-2-4-8-18/h5-6,9,14H,1-4,7-8,10H2,(H,19,20). The molecule has 0 saturated carbocycles. The highest BCUT2D eigenvalue weighted by molar-refractivity contribution is 9.10. The highest BCUT2D eigenvalue weighted by atomic mass is 79.9. The number of aliphatic carboxylic acids is 1. The number of rotatable bonds is 4. The number of nitrogens with zero attached hydrogens (tertiary/aromatic N) is 1. The maximum Gasteiger partial charge on any atom is 0.305 e. The second-order valence-corrected chi connectivity index (χ2v) is 6.08. The van der Waals surface area contributed by atoms with E-state index in [4.69, 9.17) is 0 Å². The van der Waals surface area contributed by atoms with E-state index in [0.29, 0.717) is 0 Å². The zero-order valence-electron chi connectivity index (χ0n) is 11.3. The Morgan fingerprint density at radius 3 is 2.55 bits per heavy atom. The maximum absolute atomic E-state index is 13.5. The molecule has 110 valence electrons. The van der Waals surface area contributed by atoms with Crippen LogP contribution in [0.4, 0.5) is 4.39 Å². The molecule has 1 atom stereocenters. The number of halogens is 2. The van der Waals surface area contributed by atoms with Crippen molar-refractivity contribution in [2.75, 3.05) is 13.1 Å². The molecule has 1 saturated heterocycles. The van der Waals surface area contributed by atoms with E-state index < -0.39 is 5.97 Å². The van der Waals surface area contributed by atoms with Crippen LogP contribution >= 0.6 is 15.9 Å². The largest absolute Gasteiger partial charge is 0.481 e. The number of carbonyl (C=O) groups is 1. The lowest BCUT2D eigenvalue weighted by Crippen LogP contribution is -2.31. The first kappa shape index (κ1) is 15.4. The first-order valence-electron chi connectivity index (χ1n) is 6.98. The van der Waals surface area contributed by atoms with Crippen LogP contribution < -0.4 is 0 Å². The maximum atomic E-state index is 13.5. The van der Waals surface area contributed by atoms with Gasteiger partial charge in [0.15, 0.2) is 0 Å². The van der Waals surface area contributed by atoms with Gasteiger partial charge < -0.3 is 5.11 Å². The molecule has 0 bridgehead atoms. The van der Waals surface area contributed by atoms with Gasteiger partial charge in [0.2, 0.25) is 0 Å². The van der Waals surface area contributed by atoms with Gasteiger partial charge in [-0.2, -0.15) is 0 Å². The molecule has 1 N–H and O–H groups in total. The van der Waals surface area contributed by atoms with Crippen LogP contribution in [-0.4, -0.2) is 29.1 Å². The van der Waals surface area contributed by atoms with Crippen molar-refractivity contribution in [1.29, 1.82) is 0 Å². The highest BCUT2D eigenvalue weighted by Crippen LogP contribution is 2.32. The molecule has 1 aliphatic heterocycles. The molecule has 1 aromatic rings. The van der Waals surface area contributed by atoms with Crippen molar-refractivity contribution in [2.45, 2.75) is 38.1 Å². The van der Waals surface area contributed by atoms with Gasteiger partial charge in [-0.05, 0) is 49.7 Å². The van der Waals surface area contributed by atoms with E-state index in [9.17, 15) is 14.3 Å². The summed E-state index contributed by atoms with van der Waals surface area (Å²) in [6.45, 7) is 1.75. The monoisotopic (exact) mass is 343 g/mol. The van der Waals surface area contributed by atoms with Crippen LogP contribution in [0.15, 0.2) is 22.7 Å². The van der Waals surface area contributed by atoms with E-state index in [0.717, 1.165) is 36.0 Å². The van der Waals surface area contributed by atoms with Crippen LogP contribution in [0.5, 0.6) is 0 Å². The van der Waals surface area contributed by atoms with E-state index in [1.165, 1.54) is 25.0 Å². The number of carboxylic acids is 1. The minimum atomic E-state index is -0.851. The SMILES string of the molecule is O=C(O)CC(c1cc(F)ccc1Br)N1CCCCCC1. The molecule has 20 heavy (non-hydrogen) atoms. The Hall–Kier alpha value is -0.940. The lowest BCUT2D eigenvalue weighted by atomic mass is 10.0. The van der Waals surface area contributed by atoms with Gasteiger partial charge in [-0.1, -0.05) is 28.8 Å². The molecule has 2 rings (SSSR count). The van der Waals surface area contributed by atoms with Crippen LogP contribution in [-0.2, 0) is 4.79 Å². The van der Waals surface area contributed by atoms with Crippen molar-refractivity contribution >= 4 is 21.9 Å². The Morgan fingerprint density at radius 1 is 1.30 bits per heavy atom. The third-order valence-corrected chi connectivity index (χ3v) is 4.49. The summed E-state index contributed by atoms with van der Waals surface area (Å²) in [7, 11) is 0. The van der Waals surface area contributed by atoms with Gasteiger partial charge >= 0.3 is 5.97 Å². The fraction of sp³-hybridized carbons (Fsp3) is 0.533. The van der Waals surface area contributed by atoms with E-state index in [2.05, 4.69) is 20.8 Å². The molecule has 0 aliphatic carbocycles. The number of benzene rings is 1. The summed E-state index contributed by atoms with van der Waals surface area (Å²) < 4.78 is 14.3. The molecule has 1 aromatic carbocycles. The Balaban J connectivity index is 2.30. The summed E-state index contributed by atoms with van der Waals surface area (Å²) >= 11 is 3.42. The van der Waals surface area contributed by atoms with Gasteiger partial charge in [0.25, 0.3) is 0 Å². The van der Waals surface area contributed by atoms with E-state index >= 15 is 0 Å². The lowest BCUT2D eigenvalue weighted by Gasteiger charge is -2.30. The second-order valence-electron chi connectivity index (χ2n) is 5.23. The fourth-order valence-electron chi connectivity index (χ4n) is 2.78. The minimum absolute atomic E-state index is 0.00204. The number of hydrogen-bond donors (Lipinski definition) is 1. The molecule has 0 amide bonds. The smallest absolute Gasteiger partial charge is 0.305 e. The zero-order chi connectivity index (χ0) is 14.5. The summed E-state index contributed by atoms with van der Waals surface area (Å²) in [6.07, 6.45) is 4.51. The number of likely N-dealkylation sites (tertiary alicyclic amines) is 1. The van der Waals surface area contributed by atoms with E-state index in [-0.39, 0.29) is 18.3 Å². The zero-order valence-corrected chi connectivity index (χ0v) is 12.9. The minimum Gasteiger partial charge on any atom is -0.481 e. The average Bonchev–Trinajstić information content (AvgIpc) is 2.67. The van der Waals surface area contributed by atoms with Crippen LogP contribution in [0, 0.1) is 5.82 Å². The van der Waals surface area contributed by atoms with Crippen LogP contribution in [0.1, 0.15) is 43.7 Å². The third kappa shape index (κ3) is 4.03. The van der Waals surface area contributed by atoms with Gasteiger partial charge in [0, 0.05) is 10.5 Å². The normalized spacial score (nSPS) is 18.5. The molecule has 1 unspecified atom stereocenters. The van der Waals surface area contributed by atoms with Crippen LogP contribution in [0.2, 0.25) is 0 Å². The van der Waals surface area contributed by atoms with Gasteiger partial charge in [-0.25, -0.2) is 4.39 Å². The Kier molecular flexibility index (Phi) is 5.54. The first-order valence-corrected chi connectivity index (χ1v) is 7.78. The fourth-order valence-corrected chi connectivity index (χ4v) is 3.29. The molecule has 0 radical (unpaired) electrons. The van der Waals surface area contributed by atoms with E-state index in [1.807, 2.05) is 0 Å². The van der Waals surface area contributed by atoms with Crippen LogP contribution in [0.25, 0.3) is 0 Å². The predicted molar refractivity (Wildman–Crippen MR) is 79.1 cm³/mol. The van der Waals surface area contributed by atoms with Crippen molar-refractivity contribution < 1.29 is 14.3 Å². The summed E-state index contributed by atoms with van der Waals surface area (Å²) in [5.41, 5.74) is 0.731. The van der Waals surface area contributed by atoms with Crippen molar-refractivity contribution in [3.05, 3.63) is 34.1 Å². The number of carboxylic acid groups (broad SMARTS) is 1. The average molecular weight is 344 g/mol. The second kappa shape index (κ2) is 7.18. The van der Waals surface area contributed by atoms with Crippen molar-refractivity contribution in [3.63, 3.8) is 0 Å². The number of hydrogen-bond acceptors (Lipinski definition) is 2. The summed E-state index contributed by atoms with van der Waals surface area (Å²) in [5, 5.41) is 9.17. The third-order valence-electron chi connectivity index (χ3n) is 3.77. The summed E-state index contributed by atoms with van der Waals surface area (Å²) in [4.78, 5) is 13.4. The molecular weight excluding hydrogens is 325 g/mol. The first-order chi connectivity index (χ1) is 9.58. The molecule has 0 aromatic heterocycles. The van der Waals surface area contributed by atoms with E-state index in [1.54, 1.807) is 6.07 Å². The molecule has 0 spiro atoms. The quantitative estimate of drug-likeness (QED) is 0.898. The Labute approximate surface area is 126 Å². The Morgan fingerprint density at radius 2 is 1.95 bits per heavy atom. The Bertz CT molecular complexity index is 473. The highest BCUT2D eigenvalue weighted by Gasteiger charge is 2.26. The summed E-state index contributed by atoms with van der Waals surface area (Å²) in [5.74, 6) is -1.18. The lowest BCUT2D eigenvalue weighted by molar-refractivity contribution is -0.138. The molecular formula is C15H19BrFNO2. The van der Waals surface area contributed by atoms with Gasteiger partial charge in [0.1, 0.15) is 5.82 Å². The predicted octanol–water partition coefficient (Wildman–Crippen LogP) is 3.98. The van der Waals surface area contributed by atoms with Crippen molar-refractivity contribution in [2.24, 2.45) is 0 Å². The van der Waals surface area contributed by atoms with Crippen molar-refractivity contribution in [1.82, 2.24) is 4.90 Å². The molecule has 1 aliphatic rings. The van der Waals surface area contributed by atoms with Gasteiger partial charge in [-0.15, -0.1) is 0 Å². The molecule has 1 heterocycles. The molecule has 3 nitrogen and oxygen atoms in total. The van der Waals surface area contributed by atoms with Crippen molar-refractivity contribution in [3.8, 4) is 0 Å². The molecule has 5 heteroatoms. The van der Waals surface area contributed by atoms with Crippen LogP contribution in [0.3, 0.4) is 0 Å². The topological polar surface area (TPSA) is 40.5 Å². The van der Waals surface area contributed by atoms with Gasteiger partial charge in [-0.3, -0.25) is 9.69 Å².